The van der Waals surface area contributed by atoms with Gasteiger partial charge < -0.3 is 10.1 Å². The highest BCUT2D eigenvalue weighted by Crippen LogP contribution is 2.33. The average molecular weight is 318 g/mol. The average Bonchev–Trinajstić information content (AvgIpc) is 2.42. The molecule has 4 heteroatoms. The SMILES string of the molecule is CC1CCCC(C)C1Nc1ccccc1NC(=O)OC(C)(C)C. The summed E-state index contributed by atoms with van der Waals surface area (Å²) < 4.78 is 5.35. The van der Waals surface area contributed by atoms with Crippen LogP contribution in [0.1, 0.15) is 53.9 Å². The lowest BCUT2D eigenvalue weighted by Crippen LogP contribution is -2.37. The van der Waals surface area contributed by atoms with E-state index in [0.717, 1.165) is 11.4 Å². The van der Waals surface area contributed by atoms with E-state index in [9.17, 15) is 4.79 Å². The van der Waals surface area contributed by atoms with E-state index in [1.165, 1.54) is 19.3 Å². The van der Waals surface area contributed by atoms with Gasteiger partial charge in [0.2, 0.25) is 0 Å². The molecule has 0 aromatic heterocycles. The molecular weight excluding hydrogens is 288 g/mol. The Bertz CT molecular complexity index is 526. The van der Waals surface area contributed by atoms with Gasteiger partial charge in [0.15, 0.2) is 0 Å². The molecule has 1 aromatic carbocycles. The van der Waals surface area contributed by atoms with Crippen molar-refractivity contribution in [2.24, 2.45) is 11.8 Å². The van der Waals surface area contributed by atoms with Crippen LogP contribution in [0.15, 0.2) is 24.3 Å². The summed E-state index contributed by atoms with van der Waals surface area (Å²) >= 11 is 0. The van der Waals surface area contributed by atoms with Crippen LogP contribution in [0.5, 0.6) is 0 Å². The minimum absolute atomic E-state index is 0.420. The highest BCUT2D eigenvalue weighted by molar-refractivity contribution is 5.89. The Balaban J connectivity index is 2.09. The molecule has 1 amide bonds. The molecule has 1 fully saturated rings. The summed E-state index contributed by atoms with van der Waals surface area (Å²) in [7, 11) is 0. The molecule has 4 nitrogen and oxygen atoms in total. The first-order valence-electron chi connectivity index (χ1n) is 8.62. The highest BCUT2D eigenvalue weighted by atomic mass is 16.6. The van der Waals surface area contributed by atoms with Gasteiger partial charge in [0.25, 0.3) is 0 Å². The maximum atomic E-state index is 12.0. The number of amides is 1. The van der Waals surface area contributed by atoms with E-state index in [4.69, 9.17) is 4.74 Å². The van der Waals surface area contributed by atoms with Crippen LogP contribution in [0.25, 0.3) is 0 Å². The molecule has 2 unspecified atom stereocenters. The first-order valence-corrected chi connectivity index (χ1v) is 8.62. The Morgan fingerprint density at radius 3 is 2.22 bits per heavy atom. The normalized spacial score (nSPS) is 24.8. The third-order valence-electron chi connectivity index (χ3n) is 4.43. The largest absolute Gasteiger partial charge is 0.444 e. The third kappa shape index (κ3) is 5.15. The Labute approximate surface area is 140 Å². The maximum Gasteiger partial charge on any atom is 0.412 e. The van der Waals surface area contributed by atoms with Crippen molar-refractivity contribution < 1.29 is 9.53 Å². The molecule has 0 radical (unpaired) electrons. The minimum Gasteiger partial charge on any atom is -0.444 e. The van der Waals surface area contributed by atoms with Gasteiger partial charge in [0, 0.05) is 6.04 Å². The van der Waals surface area contributed by atoms with Crippen molar-refractivity contribution in [3.8, 4) is 0 Å². The lowest BCUT2D eigenvalue weighted by molar-refractivity contribution is 0.0636. The Morgan fingerprint density at radius 2 is 1.65 bits per heavy atom. The number of hydrogen-bond donors (Lipinski definition) is 2. The monoisotopic (exact) mass is 318 g/mol. The van der Waals surface area contributed by atoms with E-state index in [1.807, 2.05) is 45.0 Å². The molecular formula is C19H30N2O2. The number of carbonyl (C=O) groups excluding carboxylic acids is 1. The topological polar surface area (TPSA) is 50.4 Å². The minimum atomic E-state index is -0.501. The molecule has 23 heavy (non-hydrogen) atoms. The summed E-state index contributed by atoms with van der Waals surface area (Å²) in [5.41, 5.74) is 1.23. The summed E-state index contributed by atoms with van der Waals surface area (Å²) in [6, 6.07) is 8.27. The predicted molar refractivity (Wildman–Crippen MR) is 95.9 cm³/mol. The van der Waals surface area contributed by atoms with Crippen LogP contribution in [-0.4, -0.2) is 17.7 Å². The summed E-state index contributed by atoms with van der Waals surface area (Å²) in [5.74, 6) is 1.27. The summed E-state index contributed by atoms with van der Waals surface area (Å²) in [5, 5.41) is 6.51. The Kier molecular flexibility index (Phi) is 5.55. The van der Waals surface area contributed by atoms with Gasteiger partial charge in [-0.15, -0.1) is 0 Å². The number of carbonyl (C=O) groups is 1. The van der Waals surface area contributed by atoms with Crippen LogP contribution in [0.3, 0.4) is 0 Å². The van der Waals surface area contributed by atoms with Crippen LogP contribution >= 0.6 is 0 Å². The first kappa shape index (κ1) is 17.6. The van der Waals surface area contributed by atoms with Crippen molar-refractivity contribution in [2.75, 3.05) is 10.6 Å². The van der Waals surface area contributed by atoms with Crippen LogP contribution in [0, 0.1) is 11.8 Å². The van der Waals surface area contributed by atoms with Crippen molar-refractivity contribution in [1.29, 1.82) is 0 Å². The number of ether oxygens (including phenoxy) is 1. The molecule has 1 aliphatic rings. The van der Waals surface area contributed by atoms with E-state index >= 15 is 0 Å². The lowest BCUT2D eigenvalue weighted by Gasteiger charge is -2.36. The number of nitrogens with one attached hydrogen (secondary N) is 2. The van der Waals surface area contributed by atoms with Gasteiger partial charge in [-0.2, -0.15) is 0 Å². The number of rotatable bonds is 3. The van der Waals surface area contributed by atoms with E-state index in [2.05, 4.69) is 24.5 Å². The van der Waals surface area contributed by atoms with E-state index in [1.54, 1.807) is 0 Å². The predicted octanol–water partition coefficient (Wildman–Crippen LogP) is 5.27. The van der Waals surface area contributed by atoms with Gasteiger partial charge in [0.1, 0.15) is 5.60 Å². The molecule has 0 spiro atoms. The van der Waals surface area contributed by atoms with Gasteiger partial charge in [-0.05, 0) is 57.6 Å². The van der Waals surface area contributed by atoms with Gasteiger partial charge >= 0.3 is 6.09 Å². The standard InChI is InChI=1S/C19H30N2O2/c1-13-9-8-10-14(2)17(13)20-15-11-6-7-12-16(15)21-18(22)23-19(3,4)5/h6-7,11-14,17,20H,8-10H2,1-5H3,(H,21,22). The zero-order valence-corrected chi connectivity index (χ0v) is 15.0. The maximum absolute atomic E-state index is 12.0. The zero-order valence-electron chi connectivity index (χ0n) is 15.0. The molecule has 1 aliphatic carbocycles. The fourth-order valence-corrected chi connectivity index (χ4v) is 3.28. The number of para-hydroxylation sites is 2. The number of benzene rings is 1. The lowest BCUT2D eigenvalue weighted by atomic mass is 9.78. The van der Waals surface area contributed by atoms with Gasteiger partial charge in [-0.25, -0.2) is 4.79 Å². The van der Waals surface area contributed by atoms with Crippen molar-refractivity contribution in [3.05, 3.63) is 24.3 Å². The summed E-state index contributed by atoms with van der Waals surface area (Å²) in [6.07, 6.45) is 3.39. The van der Waals surface area contributed by atoms with E-state index < -0.39 is 11.7 Å². The number of anilines is 2. The second-order valence-electron chi connectivity index (χ2n) is 7.73. The van der Waals surface area contributed by atoms with Gasteiger partial charge in [0.05, 0.1) is 11.4 Å². The second kappa shape index (κ2) is 7.24. The zero-order chi connectivity index (χ0) is 17.0. The van der Waals surface area contributed by atoms with Gasteiger partial charge in [-0.3, -0.25) is 5.32 Å². The molecule has 2 rings (SSSR count). The fraction of sp³-hybridized carbons (Fsp3) is 0.632. The van der Waals surface area contributed by atoms with Crippen LogP contribution < -0.4 is 10.6 Å². The molecule has 128 valence electrons. The Hall–Kier alpha value is -1.71. The fourth-order valence-electron chi connectivity index (χ4n) is 3.28. The smallest absolute Gasteiger partial charge is 0.412 e. The van der Waals surface area contributed by atoms with Crippen LogP contribution in [0.2, 0.25) is 0 Å². The molecule has 2 N–H and O–H groups in total. The summed E-state index contributed by atoms with van der Waals surface area (Å²) in [6.45, 7) is 10.2. The van der Waals surface area contributed by atoms with Crippen LogP contribution in [-0.2, 0) is 4.74 Å². The third-order valence-corrected chi connectivity index (χ3v) is 4.43. The van der Waals surface area contributed by atoms with Crippen molar-refractivity contribution in [3.63, 3.8) is 0 Å². The van der Waals surface area contributed by atoms with E-state index in [-0.39, 0.29) is 0 Å². The van der Waals surface area contributed by atoms with Crippen molar-refractivity contribution in [2.45, 2.75) is 65.5 Å². The quantitative estimate of drug-likeness (QED) is 0.798. The molecule has 1 aromatic rings. The molecule has 0 heterocycles. The highest BCUT2D eigenvalue weighted by Gasteiger charge is 2.28. The van der Waals surface area contributed by atoms with Gasteiger partial charge in [-0.1, -0.05) is 32.4 Å². The molecule has 2 atom stereocenters. The second-order valence-corrected chi connectivity index (χ2v) is 7.73. The van der Waals surface area contributed by atoms with Crippen molar-refractivity contribution in [1.82, 2.24) is 0 Å². The first-order chi connectivity index (χ1) is 10.8. The van der Waals surface area contributed by atoms with Crippen LogP contribution in [0.4, 0.5) is 16.2 Å². The Morgan fingerprint density at radius 1 is 1.09 bits per heavy atom. The molecule has 0 saturated heterocycles. The summed E-state index contributed by atoms with van der Waals surface area (Å²) in [4.78, 5) is 12.0. The van der Waals surface area contributed by atoms with E-state index in [0.29, 0.717) is 17.9 Å². The van der Waals surface area contributed by atoms with Crippen molar-refractivity contribution >= 4 is 17.5 Å². The molecule has 0 bridgehead atoms. The molecule has 1 saturated carbocycles. The number of hydrogen-bond acceptors (Lipinski definition) is 3. The molecule has 0 aliphatic heterocycles.